The third-order valence-electron chi connectivity index (χ3n) is 2.43. The maximum Gasteiger partial charge on any atom is 0.261 e. The molecule has 1 rings (SSSR count). The predicted molar refractivity (Wildman–Crippen MR) is 44.8 cm³/mol. The van der Waals surface area contributed by atoms with Crippen molar-refractivity contribution in [1.29, 1.82) is 5.26 Å². The Hall–Kier alpha value is -0.730. The molecule has 80 valence electrons. The van der Waals surface area contributed by atoms with Gasteiger partial charge in [0.2, 0.25) is 0 Å². The molecule has 14 heavy (non-hydrogen) atoms. The van der Waals surface area contributed by atoms with Crippen LogP contribution in [0.3, 0.4) is 0 Å². The Bertz CT molecular complexity index is 219. The van der Waals surface area contributed by atoms with Crippen LogP contribution in [0.2, 0.25) is 0 Å². The number of halogens is 2. The van der Waals surface area contributed by atoms with E-state index in [1.807, 2.05) is 6.07 Å². The smallest absolute Gasteiger partial charge is 0.261 e. The summed E-state index contributed by atoms with van der Waals surface area (Å²) in [6.45, 7) is -0.560. The van der Waals surface area contributed by atoms with Gasteiger partial charge in [0, 0.05) is 0 Å². The SMILES string of the molecule is N#CC1(O)CCC(OCC(F)F)CC1. The van der Waals surface area contributed by atoms with Crippen LogP contribution in [0.15, 0.2) is 0 Å². The van der Waals surface area contributed by atoms with E-state index in [-0.39, 0.29) is 6.10 Å². The minimum absolute atomic E-state index is 0.238. The van der Waals surface area contributed by atoms with Gasteiger partial charge in [0.1, 0.15) is 6.61 Å². The lowest BCUT2D eigenvalue weighted by Gasteiger charge is -2.30. The highest BCUT2D eigenvalue weighted by Crippen LogP contribution is 2.29. The van der Waals surface area contributed by atoms with E-state index in [4.69, 9.17) is 10.00 Å². The standard InChI is InChI=1S/C9H13F2NO2/c10-8(11)5-14-7-1-3-9(13,6-12)4-2-7/h7-8,13H,1-5H2. The van der Waals surface area contributed by atoms with Crippen LogP contribution in [0.4, 0.5) is 8.78 Å². The Morgan fingerprint density at radius 1 is 1.50 bits per heavy atom. The lowest BCUT2D eigenvalue weighted by molar-refractivity contribution is -0.0624. The highest BCUT2D eigenvalue weighted by molar-refractivity contribution is 5.02. The summed E-state index contributed by atoms with van der Waals surface area (Å²) >= 11 is 0. The monoisotopic (exact) mass is 205 g/mol. The van der Waals surface area contributed by atoms with Crippen LogP contribution in [0.5, 0.6) is 0 Å². The molecule has 0 unspecified atom stereocenters. The summed E-state index contributed by atoms with van der Waals surface area (Å²) in [6.07, 6.45) is -1.15. The Kier molecular flexibility index (Phi) is 3.78. The Morgan fingerprint density at radius 2 is 2.07 bits per heavy atom. The summed E-state index contributed by atoms with van der Waals surface area (Å²) in [5.41, 5.74) is -1.27. The van der Waals surface area contributed by atoms with Gasteiger partial charge in [0.15, 0.2) is 5.60 Å². The Labute approximate surface area is 81.3 Å². The van der Waals surface area contributed by atoms with Crippen LogP contribution in [-0.2, 0) is 4.74 Å². The van der Waals surface area contributed by atoms with Crippen LogP contribution in [0.25, 0.3) is 0 Å². The first kappa shape index (κ1) is 11.3. The van der Waals surface area contributed by atoms with Gasteiger partial charge in [-0.15, -0.1) is 0 Å². The van der Waals surface area contributed by atoms with E-state index in [0.717, 1.165) is 0 Å². The first-order valence-electron chi connectivity index (χ1n) is 4.59. The van der Waals surface area contributed by atoms with Gasteiger partial charge in [-0.25, -0.2) is 8.78 Å². The third kappa shape index (κ3) is 3.20. The van der Waals surface area contributed by atoms with Crippen molar-refractivity contribution in [3.8, 4) is 6.07 Å². The molecule has 0 aromatic heterocycles. The van der Waals surface area contributed by atoms with Crippen LogP contribution >= 0.6 is 0 Å². The highest BCUT2D eigenvalue weighted by atomic mass is 19.3. The molecule has 0 heterocycles. The van der Waals surface area contributed by atoms with E-state index in [1.165, 1.54) is 0 Å². The van der Waals surface area contributed by atoms with E-state index in [0.29, 0.717) is 25.7 Å². The van der Waals surface area contributed by atoms with Crippen LogP contribution in [-0.4, -0.2) is 29.8 Å². The minimum atomic E-state index is -2.45. The van der Waals surface area contributed by atoms with Crippen LogP contribution in [0.1, 0.15) is 25.7 Å². The second-order valence-corrected chi connectivity index (χ2v) is 3.57. The molecule has 0 aromatic rings. The van der Waals surface area contributed by atoms with E-state index >= 15 is 0 Å². The summed E-state index contributed by atoms with van der Waals surface area (Å²) < 4.78 is 28.5. The molecule has 5 heteroatoms. The maximum absolute atomic E-state index is 11.8. The fourth-order valence-corrected chi connectivity index (χ4v) is 1.56. The molecule has 0 saturated heterocycles. The van der Waals surface area contributed by atoms with E-state index in [1.54, 1.807) is 0 Å². The fraction of sp³-hybridized carbons (Fsp3) is 0.889. The average Bonchev–Trinajstić information content (AvgIpc) is 2.17. The Balaban J connectivity index is 2.26. The number of hydrogen-bond donors (Lipinski definition) is 1. The zero-order chi connectivity index (χ0) is 10.6. The normalized spacial score (nSPS) is 32.9. The number of nitrogens with zero attached hydrogens (tertiary/aromatic N) is 1. The largest absolute Gasteiger partial charge is 0.375 e. The first-order valence-corrected chi connectivity index (χ1v) is 4.59. The van der Waals surface area contributed by atoms with E-state index in [9.17, 15) is 13.9 Å². The highest BCUT2D eigenvalue weighted by Gasteiger charge is 2.33. The first-order chi connectivity index (χ1) is 6.56. The van der Waals surface area contributed by atoms with Crippen molar-refractivity contribution in [3.63, 3.8) is 0 Å². The summed E-state index contributed by atoms with van der Waals surface area (Å²) in [4.78, 5) is 0. The third-order valence-corrected chi connectivity index (χ3v) is 2.43. The molecule has 0 atom stereocenters. The van der Waals surface area contributed by atoms with Gasteiger partial charge in [-0.05, 0) is 25.7 Å². The average molecular weight is 205 g/mol. The fourth-order valence-electron chi connectivity index (χ4n) is 1.56. The number of nitriles is 1. The van der Waals surface area contributed by atoms with Gasteiger partial charge in [0.05, 0.1) is 12.2 Å². The maximum atomic E-state index is 11.8. The molecule has 0 aliphatic heterocycles. The van der Waals surface area contributed by atoms with E-state index in [2.05, 4.69) is 0 Å². The van der Waals surface area contributed by atoms with Gasteiger partial charge in [-0.3, -0.25) is 0 Å². The van der Waals surface area contributed by atoms with Crippen molar-refractivity contribution in [1.82, 2.24) is 0 Å². The molecular weight excluding hydrogens is 192 g/mol. The van der Waals surface area contributed by atoms with Gasteiger partial charge < -0.3 is 9.84 Å². The second-order valence-electron chi connectivity index (χ2n) is 3.57. The van der Waals surface area contributed by atoms with Crippen molar-refractivity contribution >= 4 is 0 Å². The summed E-state index contributed by atoms with van der Waals surface area (Å²) in [5, 5.41) is 18.1. The molecule has 3 nitrogen and oxygen atoms in total. The lowest BCUT2D eigenvalue weighted by Crippen LogP contribution is -2.35. The molecular formula is C9H13F2NO2. The zero-order valence-electron chi connectivity index (χ0n) is 7.75. The molecule has 0 aromatic carbocycles. The number of alkyl halides is 2. The molecule has 1 saturated carbocycles. The van der Waals surface area contributed by atoms with Gasteiger partial charge in [0.25, 0.3) is 6.43 Å². The molecule has 0 bridgehead atoms. The predicted octanol–water partition coefficient (Wildman–Crippen LogP) is 1.47. The van der Waals surface area contributed by atoms with Gasteiger partial charge >= 0.3 is 0 Å². The zero-order valence-corrected chi connectivity index (χ0v) is 7.75. The number of hydrogen-bond acceptors (Lipinski definition) is 3. The van der Waals surface area contributed by atoms with Crippen molar-refractivity contribution in [3.05, 3.63) is 0 Å². The summed E-state index contributed by atoms with van der Waals surface area (Å²) in [5.74, 6) is 0. The number of aliphatic hydroxyl groups is 1. The van der Waals surface area contributed by atoms with Gasteiger partial charge in [-0.2, -0.15) is 5.26 Å². The second kappa shape index (κ2) is 4.67. The lowest BCUT2D eigenvalue weighted by atomic mass is 9.84. The van der Waals surface area contributed by atoms with Crippen molar-refractivity contribution in [2.24, 2.45) is 0 Å². The van der Waals surface area contributed by atoms with E-state index < -0.39 is 18.6 Å². The molecule has 0 amide bonds. The molecule has 0 radical (unpaired) electrons. The molecule has 1 N–H and O–H groups in total. The molecule has 0 spiro atoms. The van der Waals surface area contributed by atoms with Crippen molar-refractivity contribution in [2.45, 2.75) is 43.8 Å². The summed E-state index contributed by atoms with van der Waals surface area (Å²) in [6, 6.07) is 1.82. The van der Waals surface area contributed by atoms with Crippen molar-refractivity contribution in [2.75, 3.05) is 6.61 Å². The Morgan fingerprint density at radius 3 is 2.50 bits per heavy atom. The number of ether oxygens (including phenoxy) is 1. The summed E-state index contributed by atoms with van der Waals surface area (Å²) in [7, 11) is 0. The van der Waals surface area contributed by atoms with Crippen LogP contribution < -0.4 is 0 Å². The molecule has 1 fully saturated rings. The quantitative estimate of drug-likeness (QED) is 0.710. The number of rotatable bonds is 3. The molecule has 1 aliphatic rings. The minimum Gasteiger partial charge on any atom is -0.375 e. The molecule has 1 aliphatic carbocycles. The van der Waals surface area contributed by atoms with Gasteiger partial charge in [-0.1, -0.05) is 0 Å². The topological polar surface area (TPSA) is 53.2 Å². The van der Waals surface area contributed by atoms with Crippen LogP contribution in [0, 0.1) is 11.3 Å². The van der Waals surface area contributed by atoms with Crippen molar-refractivity contribution < 1.29 is 18.6 Å².